The van der Waals surface area contributed by atoms with E-state index in [1.54, 1.807) is 0 Å². The van der Waals surface area contributed by atoms with Crippen molar-refractivity contribution in [1.29, 1.82) is 0 Å². The molecule has 112 valence electrons. The van der Waals surface area contributed by atoms with Crippen LogP contribution in [0.25, 0.3) is 0 Å². The van der Waals surface area contributed by atoms with Gasteiger partial charge in [-0.2, -0.15) is 0 Å². The van der Waals surface area contributed by atoms with Crippen molar-refractivity contribution in [2.75, 3.05) is 0 Å². The summed E-state index contributed by atoms with van der Waals surface area (Å²) in [7, 11) is 0. The highest BCUT2D eigenvalue weighted by atomic mass is 35.5. The fraction of sp³-hybridized carbons (Fsp3) is 0.667. The zero-order valence-electron chi connectivity index (χ0n) is 13.2. The van der Waals surface area contributed by atoms with Crippen LogP contribution in [-0.2, 0) is 5.60 Å². The van der Waals surface area contributed by atoms with Crippen molar-refractivity contribution in [2.45, 2.75) is 65.4 Å². The summed E-state index contributed by atoms with van der Waals surface area (Å²) in [5.41, 5.74) is 1.75. The molecule has 1 aromatic carbocycles. The molecule has 0 atom stereocenters. The summed E-state index contributed by atoms with van der Waals surface area (Å²) < 4.78 is 0. The molecule has 0 aromatic heterocycles. The lowest BCUT2D eigenvalue weighted by molar-refractivity contribution is -0.0328. The van der Waals surface area contributed by atoms with Gasteiger partial charge in [-0.1, -0.05) is 50.9 Å². The fourth-order valence-corrected chi connectivity index (χ4v) is 3.52. The predicted octanol–water partition coefficient (Wildman–Crippen LogP) is 5.46. The van der Waals surface area contributed by atoms with Crippen LogP contribution in [0.3, 0.4) is 0 Å². The molecule has 0 unspecified atom stereocenters. The van der Waals surface area contributed by atoms with E-state index in [1.807, 2.05) is 25.1 Å². The van der Waals surface area contributed by atoms with E-state index in [9.17, 15) is 5.11 Å². The summed E-state index contributed by atoms with van der Waals surface area (Å²) in [5.74, 6) is 0.716. The number of rotatable bonds is 3. The van der Waals surface area contributed by atoms with Gasteiger partial charge in [-0.25, -0.2) is 0 Å². The number of hydrogen-bond acceptors (Lipinski definition) is 1. The third-order valence-electron chi connectivity index (χ3n) is 5.54. The van der Waals surface area contributed by atoms with Crippen molar-refractivity contribution in [3.63, 3.8) is 0 Å². The first-order valence-corrected chi connectivity index (χ1v) is 8.15. The van der Waals surface area contributed by atoms with Gasteiger partial charge in [-0.3, -0.25) is 0 Å². The molecule has 0 heterocycles. The third-order valence-corrected chi connectivity index (χ3v) is 5.95. The molecule has 0 radical (unpaired) electrons. The highest BCUT2D eigenvalue weighted by Crippen LogP contribution is 2.47. The molecule has 0 saturated heterocycles. The van der Waals surface area contributed by atoms with Gasteiger partial charge in [-0.05, 0) is 61.1 Å². The van der Waals surface area contributed by atoms with E-state index in [2.05, 4.69) is 20.8 Å². The van der Waals surface area contributed by atoms with Crippen LogP contribution in [0.5, 0.6) is 0 Å². The lowest BCUT2D eigenvalue weighted by Crippen LogP contribution is -2.36. The first-order valence-electron chi connectivity index (χ1n) is 7.77. The Kier molecular flexibility index (Phi) is 4.51. The molecular weight excluding hydrogens is 268 g/mol. The van der Waals surface area contributed by atoms with Gasteiger partial charge in [0, 0.05) is 5.02 Å². The Morgan fingerprint density at radius 1 is 1.30 bits per heavy atom. The summed E-state index contributed by atoms with van der Waals surface area (Å²) >= 11 is 6.21. The number of hydrogen-bond donors (Lipinski definition) is 1. The second kappa shape index (κ2) is 5.69. The summed E-state index contributed by atoms with van der Waals surface area (Å²) in [6.07, 6.45) is 5.10. The van der Waals surface area contributed by atoms with Crippen LogP contribution in [0.2, 0.25) is 5.02 Å². The maximum Gasteiger partial charge on any atom is 0.0897 e. The summed E-state index contributed by atoms with van der Waals surface area (Å²) in [4.78, 5) is 0. The van der Waals surface area contributed by atoms with Crippen LogP contribution in [0.1, 0.15) is 64.0 Å². The molecule has 1 aliphatic carbocycles. The molecule has 0 spiro atoms. The van der Waals surface area contributed by atoms with Crippen LogP contribution in [-0.4, -0.2) is 5.11 Å². The Morgan fingerprint density at radius 3 is 2.40 bits per heavy atom. The number of benzene rings is 1. The predicted molar refractivity (Wildman–Crippen MR) is 86.1 cm³/mol. The molecule has 0 aliphatic heterocycles. The molecule has 2 heteroatoms. The van der Waals surface area contributed by atoms with E-state index >= 15 is 0 Å². The summed E-state index contributed by atoms with van der Waals surface area (Å²) in [6, 6.07) is 5.99. The fourth-order valence-electron chi connectivity index (χ4n) is 3.34. The minimum atomic E-state index is -0.683. The van der Waals surface area contributed by atoms with Gasteiger partial charge in [0.2, 0.25) is 0 Å². The molecule has 1 saturated carbocycles. The van der Waals surface area contributed by atoms with Crippen LogP contribution in [0.15, 0.2) is 18.2 Å². The van der Waals surface area contributed by atoms with E-state index in [0.29, 0.717) is 11.3 Å². The minimum Gasteiger partial charge on any atom is -0.385 e. The van der Waals surface area contributed by atoms with Gasteiger partial charge >= 0.3 is 0 Å². The Bertz CT molecular complexity index is 470. The molecule has 1 nitrogen and oxygen atoms in total. The van der Waals surface area contributed by atoms with Gasteiger partial charge in [0.1, 0.15) is 0 Å². The molecule has 1 N–H and O–H groups in total. The second-order valence-corrected chi connectivity index (χ2v) is 7.52. The van der Waals surface area contributed by atoms with Crippen LogP contribution >= 0.6 is 11.6 Å². The largest absolute Gasteiger partial charge is 0.385 e. The average Bonchev–Trinajstić information content (AvgIpc) is 2.42. The topological polar surface area (TPSA) is 20.2 Å². The Hall–Kier alpha value is -0.530. The monoisotopic (exact) mass is 294 g/mol. The molecule has 1 fully saturated rings. The van der Waals surface area contributed by atoms with Crippen LogP contribution in [0.4, 0.5) is 0 Å². The smallest absolute Gasteiger partial charge is 0.0897 e. The quantitative estimate of drug-likeness (QED) is 0.784. The van der Waals surface area contributed by atoms with E-state index in [4.69, 9.17) is 11.6 Å². The van der Waals surface area contributed by atoms with Gasteiger partial charge in [0.15, 0.2) is 0 Å². The average molecular weight is 295 g/mol. The zero-order valence-corrected chi connectivity index (χ0v) is 13.9. The lowest BCUT2D eigenvalue weighted by Gasteiger charge is -2.42. The van der Waals surface area contributed by atoms with Crippen LogP contribution < -0.4 is 0 Å². The van der Waals surface area contributed by atoms with E-state index in [-0.39, 0.29) is 0 Å². The Balaban J connectivity index is 2.13. The van der Waals surface area contributed by atoms with Gasteiger partial charge in [0.25, 0.3) is 0 Å². The van der Waals surface area contributed by atoms with E-state index < -0.39 is 5.60 Å². The minimum absolute atomic E-state index is 0.381. The van der Waals surface area contributed by atoms with Gasteiger partial charge < -0.3 is 5.11 Å². The highest BCUT2D eigenvalue weighted by molar-refractivity contribution is 6.31. The standard InChI is InChI=1S/C18H27ClO/c1-5-17(3,4)14-8-10-18(20,11-9-14)15-7-6-13(2)16(19)12-15/h6-7,12,14,20H,5,8-11H2,1-4H3. The summed E-state index contributed by atoms with van der Waals surface area (Å²) in [5, 5.41) is 11.7. The summed E-state index contributed by atoms with van der Waals surface area (Å²) in [6.45, 7) is 8.97. The molecule has 0 amide bonds. The van der Waals surface area contributed by atoms with Crippen molar-refractivity contribution in [1.82, 2.24) is 0 Å². The van der Waals surface area contributed by atoms with Crippen molar-refractivity contribution >= 4 is 11.6 Å². The van der Waals surface area contributed by atoms with Crippen molar-refractivity contribution in [3.05, 3.63) is 34.3 Å². The molecule has 20 heavy (non-hydrogen) atoms. The SMILES string of the molecule is CCC(C)(C)C1CCC(O)(c2ccc(C)c(Cl)c2)CC1. The van der Waals surface area contributed by atoms with Crippen molar-refractivity contribution < 1.29 is 5.11 Å². The van der Waals surface area contributed by atoms with Crippen molar-refractivity contribution in [2.24, 2.45) is 11.3 Å². The maximum atomic E-state index is 11.0. The second-order valence-electron chi connectivity index (χ2n) is 7.11. The number of aliphatic hydroxyl groups is 1. The number of aryl methyl sites for hydroxylation is 1. The molecular formula is C18H27ClO. The van der Waals surface area contributed by atoms with Gasteiger partial charge in [0.05, 0.1) is 5.60 Å². The molecule has 0 bridgehead atoms. The van der Waals surface area contributed by atoms with Gasteiger partial charge in [-0.15, -0.1) is 0 Å². The van der Waals surface area contributed by atoms with Crippen molar-refractivity contribution in [3.8, 4) is 0 Å². The zero-order chi connectivity index (χ0) is 15.0. The number of halogens is 1. The lowest BCUT2D eigenvalue weighted by atomic mass is 9.65. The van der Waals surface area contributed by atoms with E-state index in [0.717, 1.165) is 41.8 Å². The first kappa shape index (κ1) is 15.9. The Labute approximate surface area is 128 Å². The third kappa shape index (κ3) is 3.04. The highest BCUT2D eigenvalue weighted by Gasteiger charge is 2.39. The normalized spacial score (nSPS) is 27.6. The molecule has 2 rings (SSSR count). The van der Waals surface area contributed by atoms with E-state index in [1.165, 1.54) is 6.42 Å². The Morgan fingerprint density at radius 2 is 1.90 bits per heavy atom. The molecule has 1 aromatic rings. The van der Waals surface area contributed by atoms with Crippen LogP contribution in [0, 0.1) is 18.3 Å². The first-order chi connectivity index (χ1) is 9.28. The maximum absolute atomic E-state index is 11.0. The molecule has 1 aliphatic rings.